The summed E-state index contributed by atoms with van der Waals surface area (Å²) in [5, 5.41) is 21.1. The molecular weight excluding hydrogens is 345 g/mol. The predicted molar refractivity (Wildman–Crippen MR) is 89.3 cm³/mol. The number of anilines is 1. The van der Waals surface area contributed by atoms with E-state index in [2.05, 4.69) is 10.3 Å². The second kappa shape index (κ2) is 6.99. The average molecular weight is 359 g/mol. The normalized spacial score (nSPS) is 19.4. The van der Waals surface area contributed by atoms with Gasteiger partial charge in [0.2, 0.25) is 5.91 Å². The van der Waals surface area contributed by atoms with E-state index in [1.807, 2.05) is 6.07 Å². The molecule has 0 bridgehead atoms. The quantitative estimate of drug-likeness (QED) is 0.872. The number of benzene rings is 1. The molecule has 0 saturated heterocycles. The lowest BCUT2D eigenvalue weighted by molar-refractivity contribution is -0.141. The van der Waals surface area contributed by atoms with Gasteiger partial charge in [-0.3, -0.25) is 9.59 Å². The molecule has 1 aliphatic rings. The van der Waals surface area contributed by atoms with Gasteiger partial charge in [0.1, 0.15) is 22.5 Å². The number of thiazole rings is 1. The molecule has 2 N–H and O–H groups in total. The van der Waals surface area contributed by atoms with Gasteiger partial charge in [-0.15, -0.1) is 0 Å². The van der Waals surface area contributed by atoms with Gasteiger partial charge in [-0.2, -0.15) is 5.26 Å². The number of carboxylic acid groups (broad SMARTS) is 1. The number of carbonyl (C=O) groups excluding carboxylic acids is 1. The van der Waals surface area contributed by atoms with Crippen LogP contribution in [0.4, 0.5) is 9.52 Å². The van der Waals surface area contributed by atoms with Crippen molar-refractivity contribution >= 4 is 28.3 Å². The van der Waals surface area contributed by atoms with Crippen molar-refractivity contribution in [1.82, 2.24) is 4.98 Å². The molecule has 1 heterocycles. The van der Waals surface area contributed by atoms with Crippen LogP contribution in [-0.2, 0) is 9.59 Å². The molecule has 0 spiro atoms. The number of aliphatic carboxylic acids is 1. The van der Waals surface area contributed by atoms with Crippen LogP contribution in [0.25, 0.3) is 11.3 Å². The fourth-order valence-electron chi connectivity index (χ4n) is 2.94. The Labute approximate surface area is 146 Å². The highest BCUT2D eigenvalue weighted by Gasteiger charge is 2.34. The molecule has 1 fully saturated rings. The Bertz CT molecular complexity index is 874. The van der Waals surface area contributed by atoms with Crippen molar-refractivity contribution in [3.8, 4) is 17.3 Å². The van der Waals surface area contributed by atoms with Crippen molar-refractivity contribution in [3.63, 3.8) is 0 Å². The fraction of sp³-hybridized carbons (Fsp3) is 0.294. The van der Waals surface area contributed by atoms with Gasteiger partial charge in [0.05, 0.1) is 5.92 Å². The first-order chi connectivity index (χ1) is 12.0. The van der Waals surface area contributed by atoms with E-state index in [0.717, 1.165) is 11.3 Å². The van der Waals surface area contributed by atoms with Crippen LogP contribution in [0.1, 0.15) is 24.1 Å². The van der Waals surface area contributed by atoms with Crippen molar-refractivity contribution in [2.45, 2.75) is 19.3 Å². The van der Waals surface area contributed by atoms with E-state index in [0.29, 0.717) is 12.8 Å². The predicted octanol–water partition coefficient (Wildman–Crippen LogP) is 3.26. The summed E-state index contributed by atoms with van der Waals surface area (Å²) in [6, 6.07) is 7.94. The summed E-state index contributed by atoms with van der Waals surface area (Å²) in [5.74, 6) is -2.61. The lowest BCUT2D eigenvalue weighted by Gasteiger charge is -2.08. The highest BCUT2D eigenvalue weighted by atomic mass is 32.1. The Morgan fingerprint density at radius 3 is 2.68 bits per heavy atom. The zero-order chi connectivity index (χ0) is 18.0. The van der Waals surface area contributed by atoms with Crippen LogP contribution in [0.3, 0.4) is 0 Å². The molecule has 0 radical (unpaired) electrons. The highest BCUT2D eigenvalue weighted by Crippen LogP contribution is 2.34. The number of carboxylic acids is 1. The summed E-state index contributed by atoms with van der Waals surface area (Å²) in [5.41, 5.74) is 0.387. The Morgan fingerprint density at radius 2 is 2.04 bits per heavy atom. The molecular formula is C17H14FN3O3S. The third-order valence-corrected chi connectivity index (χ3v) is 5.12. The number of aromatic nitrogens is 1. The summed E-state index contributed by atoms with van der Waals surface area (Å²) >= 11 is 0.970. The Balaban J connectivity index is 1.79. The standard InChI is InChI=1S/C17H14FN3O3S/c18-12-4-2-1-3-11(12)14-13(8-19)25-17(20-14)21-15(22)9-5-6-10(7-9)16(23)24/h1-4,9-10H,5-7H2,(H,23,24)(H,20,21,22)/t9-,10+/m1/s1. The topological polar surface area (TPSA) is 103 Å². The largest absolute Gasteiger partial charge is 0.481 e. The fourth-order valence-corrected chi connectivity index (χ4v) is 3.72. The number of nitriles is 1. The number of amides is 1. The molecule has 2 aromatic rings. The Hall–Kier alpha value is -2.79. The van der Waals surface area contributed by atoms with Gasteiger partial charge in [0.25, 0.3) is 0 Å². The summed E-state index contributed by atoms with van der Waals surface area (Å²) in [6.45, 7) is 0. The van der Waals surface area contributed by atoms with E-state index in [4.69, 9.17) is 5.11 Å². The van der Waals surface area contributed by atoms with E-state index in [9.17, 15) is 19.2 Å². The number of hydrogen-bond donors (Lipinski definition) is 2. The number of carbonyl (C=O) groups is 2. The molecule has 25 heavy (non-hydrogen) atoms. The third-order valence-electron chi connectivity index (χ3n) is 4.24. The van der Waals surface area contributed by atoms with Crippen LogP contribution in [0.2, 0.25) is 0 Å². The molecule has 1 aromatic carbocycles. The first-order valence-electron chi connectivity index (χ1n) is 7.69. The van der Waals surface area contributed by atoms with Crippen LogP contribution in [-0.4, -0.2) is 22.0 Å². The van der Waals surface area contributed by atoms with Gasteiger partial charge in [-0.1, -0.05) is 23.5 Å². The van der Waals surface area contributed by atoms with Gasteiger partial charge >= 0.3 is 5.97 Å². The molecule has 8 heteroatoms. The van der Waals surface area contributed by atoms with Gasteiger partial charge in [0.15, 0.2) is 5.13 Å². The molecule has 1 aromatic heterocycles. The molecule has 128 valence electrons. The van der Waals surface area contributed by atoms with E-state index in [1.54, 1.807) is 12.1 Å². The van der Waals surface area contributed by atoms with Crippen LogP contribution in [0.5, 0.6) is 0 Å². The lowest BCUT2D eigenvalue weighted by Crippen LogP contribution is -2.21. The second-order valence-electron chi connectivity index (χ2n) is 5.82. The summed E-state index contributed by atoms with van der Waals surface area (Å²) in [4.78, 5) is 27.7. The zero-order valence-corrected chi connectivity index (χ0v) is 13.8. The molecule has 1 amide bonds. The minimum atomic E-state index is -0.891. The molecule has 6 nitrogen and oxygen atoms in total. The van der Waals surface area contributed by atoms with Crippen molar-refractivity contribution in [2.75, 3.05) is 5.32 Å². The number of hydrogen-bond acceptors (Lipinski definition) is 5. The monoisotopic (exact) mass is 359 g/mol. The number of halogens is 1. The summed E-state index contributed by atoms with van der Waals surface area (Å²) < 4.78 is 13.9. The second-order valence-corrected chi connectivity index (χ2v) is 6.82. The average Bonchev–Trinajstić information content (AvgIpc) is 3.22. The maximum atomic E-state index is 13.9. The van der Waals surface area contributed by atoms with Crippen molar-refractivity contribution in [1.29, 1.82) is 5.26 Å². The zero-order valence-electron chi connectivity index (χ0n) is 13.0. The molecule has 3 rings (SSSR count). The molecule has 1 saturated carbocycles. The summed E-state index contributed by atoms with van der Waals surface area (Å²) in [7, 11) is 0. The highest BCUT2D eigenvalue weighted by molar-refractivity contribution is 7.16. The molecule has 0 aliphatic heterocycles. The van der Waals surface area contributed by atoms with E-state index < -0.39 is 23.6 Å². The molecule has 1 aliphatic carbocycles. The number of rotatable bonds is 4. The van der Waals surface area contributed by atoms with E-state index >= 15 is 0 Å². The Kier molecular flexibility index (Phi) is 4.76. The third kappa shape index (κ3) is 3.51. The first kappa shape index (κ1) is 17.0. The summed E-state index contributed by atoms with van der Waals surface area (Å²) in [6.07, 6.45) is 1.26. The van der Waals surface area contributed by atoms with Crippen LogP contribution < -0.4 is 5.32 Å². The SMILES string of the molecule is N#Cc1sc(NC(=O)[C@@H]2CC[C@H](C(=O)O)C2)nc1-c1ccccc1F. The van der Waals surface area contributed by atoms with Gasteiger partial charge in [0, 0.05) is 11.5 Å². The van der Waals surface area contributed by atoms with Crippen LogP contribution in [0.15, 0.2) is 24.3 Å². The molecule has 2 atom stereocenters. The first-order valence-corrected chi connectivity index (χ1v) is 8.50. The van der Waals surface area contributed by atoms with Crippen molar-refractivity contribution in [2.24, 2.45) is 11.8 Å². The number of nitrogens with zero attached hydrogens (tertiary/aromatic N) is 2. The lowest BCUT2D eigenvalue weighted by atomic mass is 10.0. The number of nitrogens with one attached hydrogen (secondary N) is 1. The van der Waals surface area contributed by atoms with Gasteiger partial charge in [-0.25, -0.2) is 9.37 Å². The van der Waals surface area contributed by atoms with Crippen LogP contribution >= 0.6 is 11.3 Å². The van der Waals surface area contributed by atoms with Gasteiger partial charge in [-0.05, 0) is 31.4 Å². The maximum Gasteiger partial charge on any atom is 0.306 e. The van der Waals surface area contributed by atoms with Gasteiger partial charge < -0.3 is 10.4 Å². The smallest absolute Gasteiger partial charge is 0.306 e. The van der Waals surface area contributed by atoms with E-state index in [-0.39, 0.29) is 33.6 Å². The maximum absolute atomic E-state index is 13.9. The van der Waals surface area contributed by atoms with Crippen molar-refractivity contribution < 1.29 is 19.1 Å². The van der Waals surface area contributed by atoms with E-state index in [1.165, 1.54) is 12.1 Å². The van der Waals surface area contributed by atoms with Crippen LogP contribution in [0, 0.1) is 29.0 Å². The minimum absolute atomic E-state index is 0.190. The Morgan fingerprint density at radius 1 is 1.32 bits per heavy atom. The van der Waals surface area contributed by atoms with Crippen molar-refractivity contribution in [3.05, 3.63) is 35.0 Å². The minimum Gasteiger partial charge on any atom is -0.481 e. The molecule has 0 unspecified atom stereocenters.